The van der Waals surface area contributed by atoms with Crippen molar-refractivity contribution in [3.63, 3.8) is 0 Å². The van der Waals surface area contributed by atoms with Crippen molar-refractivity contribution in [3.05, 3.63) is 29.8 Å². The van der Waals surface area contributed by atoms with Crippen molar-refractivity contribution in [2.24, 2.45) is 0 Å². The molecule has 0 aliphatic carbocycles. The van der Waals surface area contributed by atoms with Gasteiger partial charge in [-0.15, -0.1) is 0 Å². The molecule has 1 aromatic carbocycles. The highest BCUT2D eigenvalue weighted by Crippen LogP contribution is 2.26. The Morgan fingerprint density at radius 2 is 1.83 bits per heavy atom. The van der Waals surface area contributed by atoms with Crippen LogP contribution in [0.25, 0.3) is 0 Å². The number of rotatable bonds is 5. The minimum absolute atomic E-state index is 0.338. The summed E-state index contributed by atoms with van der Waals surface area (Å²) in [7, 11) is 2.61. The SMILES string of the molecule is COC(=O)c1ccc(O[C@@H]2O[C@H](CO)[C@H](O)[C@H](OC)[C@H]2O)cc1. The highest BCUT2D eigenvalue weighted by atomic mass is 16.7. The maximum atomic E-state index is 11.4. The molecule has 128 valence electrons. The van der Waals surface area contributed by atoms with Crippen LogP contribution >= 0.6 is 0 Å². The molecule has 0 unspecified atom stereocenters. The van der Waals surface area contributed by atoms with Crippen molar-refractivity contribution < 1.29 is 39.1 Å². The molecule has 1 fully saturated rings. The van der Waals surface area contributed by atoms with Crippen LogP contribution in [0, 0.1) is 0 Å². The molecule has 8 nitrogen and oxygen atoms in total. The molecule has 0 spiro atoms. The number of benzene rings is 1. The molecule has 1 aromatic rings. The summed E-state index contributed by atoms with van der Waals surface area (Å²) in [5.41, 5.74) is 0.350. The molecule has 23 heavy (non-hydrogen) atoms. The van der Waals surface area contributed by atoms with E-state index >= 15 is 0 Å². The number of hydrogen-bond acceptors (Lipinski definition) is 8. The first-order valence-electron chi connectivity index (χ1n) is 7.02. The lowest BCUT2D eigenvalue weighted by Gasteiger charge is -2.41. The predicted molar refractivity (Wildman–Crippen MR) is 77.0 cm³/mol. The molecule has 0 amide bonds. The highest BCUT2D eigenvalue weighted by Gasteiger charge is 2.45. The van der Waals surface area contributed by atoms with Gasteiger partial charge in [-0.1, -0.05) is 0 Å². The van der Waals surface area contributed by atoms with Gasteiger partial charge in [-0.3, -0.25) is 0 Å². The molecule has 2 rings (SSSR count). The van der Waals surface area contributed by atoms with Gasteiger partial charge in [0.2, 0.25) is 6.29 Å². The van der Waals surface area contributed by atoms with Crippen molar-refractivity contribution in [2.45, 2.75) is 30.7 Å². The second-order valence-electron chi connectivity index (χ2n) is 5.04. The number of aliphatic hydroxyl groups is 3. The van der Waals surface area contributed by atoms with Gasteiger partial charge < -0.3 is 34.3 Å². The third-order valence-electron chi connectivity index (χ3n) is 3.62. The van der Waals surface area contributed by atoms with Crippen LogP contribution in [0.2, 0.25) is 0 Å². The Morgan fingerprint density at radius 1 is 1.17 bits per heavy atom. The van der Waals surface area contributed by atoms with E-state index in [1.54, 1.807) is 0 Å². The summed E-state index contributed by atoms with van der Waals surface area (Å²) in [6.45, 7) is -0.450. The number of hydrogen-bond donors (Lipinski definition) is 3. The summed E-state index contributed by atoms with van der Waals surface area (Å²) in [5, 5.41) is 29.3. The molecule has 1 heterocycles. The van der Waals surface area contributed by atoms with Crippen LogP contribution in [0.1, 0.15) is 10.4 Å². The lowest BCUT2D eigenvalue weighted by atomic mass is 9.99. The van der Waals surface area contributed by atoms with Crippen LogP contribution in [0.3, 0.4) is 0 Å². The highest BCUT2D eigenvalue weighted by molar-refractivity contribution is 5.89. The Labute approximate surface area is 133 Å². The van der Waals surface area contributed by atoms with E-state index in [1.165, 1.54) is 38.5 Å². The average molecular weight is 328 g/mol. The van der Waals surface area contributed by atoms with E-state index in [0.29, 0.717) is 11.3 Å². The van der Waals surface area contributed by atoms with Crippen molar-refractivity contribution in [2.75, 3.05) is 20.8 Å². The Bertz CT molecular complexity index is 517. The minimum Gasteiger partial charge on any atom is -0.465 e. The van der Waals surface area contributed by atoms with Gasteiger partial charge in [-0.25, -0.2) is 4.79 Å². The molecule has 0 radical (unpaired) electrons. The molecule has 1 aliphatic rings. The molecular formula is C15H20O8. The average Bonchev–Trinajstić information content (AvgIpc) is 2.57. The fraction of sp³-hybridized carbons (Fsp3) is 0.533. The predicted octanol–water partition coefficient (Wildman–Crippen LogP) is -0.694. The van der Waals surface area contributed by atoms with Crippen molar-refractivity contribution >= 4 is 5.97 Å². The fourth-order valence-corrected chi connectivity index (χ4v) is 2.35. The summed E-state index contributed by atoms with van der Waals surface area (Å²) in [5.74, 6) is -0.141. The van der Waals surface area contributed by atoms with Gasteiger partial charge >= 0.3 is 5.97 Å². The van der Waals surface area contributed by atoms with E-state index in [4.69, 9.17) is 14.2 Å². The van der Waals surface area contributed by atoms with E-state index in [0.717, 1.165) is 0 Å². The number of carbonyl (C=O) groups excluding carboxylic acids is 1. The number of ether oxygens (including phenoxy) is 4. The maximum Gasteiger partial charge on any atom is 0.337 e. The smallest absolute Gasteiger partial charge is 0.337 e. The minimum atomic E-state index is -1.25. The van der Waals surface area contributed by atoms with Gasteiger partial charge in [0.15, 0.2) is 0 Å². The zero-order chi connectivity index (χ0) is 17.0. The lowest BCUT2D eigenvalue weighted by molar-refractivity contribution is -0.281. The second-order valence-corrected chi connectivity index (χ2v) is 5.04. The first-order chi connectivity index (χ1) is 11.0. The van der Waals surface area contributed by atoms with Crippen LogP contribution in [0.5, 0.6) is 5.75 Å². The van der Waals surface area contributed by atoms with E-state index in [1.807, 2.05) is 0 Å². The molecule has 0 saturated carbocycles. The number of methoxy groups -OCH3 is 2. The standard InChI is InChI=1S/C15H20O8/c1-20-13-11(17)10(7-16)23-15(12(13)18)22-9-5-3-8(4-6-9)14(19)21-2/h3-6,10-13,15-18H,7H2,1-2H3/t10-,11+,12-,13+,15-/m1/s1. The first kappa shape index (κ1) is 17.6. The molecule has 5 atom stereocenters. The number of aliphatic hydroxyl groups excluding tert-OH is 3. The Balaban J connectivity index is 2.10. The van der Waals surface area contributed by atoms with Crippen LogP contribution in [-0.4, -0.2) is 72.8 Å². The van der Waals surface area contributed by atoms with E-state index in [9.17, 15) is 20.1 Å². The zero-order valence-electron chi connectivity index (χ0n) is 12.8. The summed E-state index contributed by atoms with van der Waals surface area (Å²) < 4.78 is 20.5. The molecule has 1 saturated heterocycles. The topological polar surface area (TPSA) is 115 Å². The van der Waals surface area contributed by atoms with Crippen LogP contribution in [0.15, 0.2) is 24.3 Å². The van der Waals surface area contributed by atoms with E-state index in [-0.39, 0.29) is 0 Å². The quantitative estimate of drug-likeness (QED) is 0.608. The number of esters is 1. The summed E-state index contributed by atoms with van der Waals surface area (Å²) >= 11 is 0. The van der Waals surface area contributed by atoms with Gasteiger partial charge in [-0.2, -0.15) is 0 Å². The molecular weight excluding hydrogens is 308 g/mol. The van der Waals surface area contributed by atoms with E-state index < -0.39 is 43.3 Å². The van der Waals surface area contributed by atoms with Crippen LogP contribution < -0.4 is 4.74 Å². The molecule has 0 aromatic heterocycles. The molecule has 1 aliphatic heterocycles. The summed E-state index contributed by atoms with van der Waals surface area (Å²) in [6.07, 6.45) is -5.47. The first-order valence-corrected chi connectivity index (χ1v) is 7.02. The van der Waals surface area contributed by atoms with Crippen molar-refractivity contribution in [1.82, 2.24) is 0 Å². The molecule has 3 N–H and O–H groups in total. The van der Waals surface area contributed by atoms with Crippen LogP contribution in [-0.2, 0) is 14.2 Å². The van der Waals surface area contributed by atoms with E-state index in [2.05, 4.69) is 4.74 Å². The van der Waals surface area contributed by atoms with Crippen molar-refractivity contribution in [3.8, 4) is 5.75 Å². The maximum absolute atomic E-state index is 11.4. The van der Waals surface area contributed by atoms with Gasteiger partial charge in [0, 0.05) is 7.11 Å². The fourth-order valence-electron chi connectivity index (χ4n) is 2.35. The molecule has 0 bridgehead atoms. The Hall–Kier alpha value is -1.71. The lowest BCUT2D eigenvalue weighted by Crippen LogP contribution is -2.60. The van der Waals surface area contributed by atoms with Gasteiger partial charge in [0.05, 0.1) is 19.3 Å². The van der Waals surface area contributed by atoms with Gasteiger partial charge in [-0.05, 0) is 24.3 Å². The summed E-state index contributed by atoms with van der Waals surface area (Å²) in [4.78, 5) is 11.4. The largest absolute Gasteiger partial charge is 0.465 e. The Kier molecular flexibility index (Phi) is 5.91. The Morgan fingerprint density at radius 3 is 2.35 bits per heavy atom. The van der Waals surface area contributed by atoms with Gasteiger partial charge in [0.1, 0.15) is 30.2 Å². The third kappa shape index (κ3) is 3.80. The van der Waals surface area contributed by atoms with Gasteiger partial charge in [0.25, 0.3) is 0 Å². The zero-order valence-corrected chi connectivity index (χ0v) is 12.8. The van der Waals surface area contributed by atoms with Crippen LogP contribution in [0.4, 0.5) is 0 Å². The normalized spacial score (nSPS) is 30.7. The third-order valence-corrected chi connectivity index (χ3v) is 3.62. The molecule has 8 heteroatoms. The monoisotopic (exact) mass is 328 g/mol. The second kappa shape index (κ2) is 7.71. The van der Waals surface area contributed by atoms with Crippen molar-refractivity contribution in [1.29, 1.82) is 0 Å². The number of carbonyl (C=O) groups is 1. The summed E-state index contributed by atoms with van der Waals surface area (Å²) in [6, 6.07) is 6.04.